The van der Waals surface area contributed by atoms with Crippen molar-refractivity contribution in [3.05, 3.63) is 33.8 Å². The molecule has 5 aliphatic carbocycles. The fraction of sp³-hybridized carbons (Fsp3) is 0.545. The predicted molar refractivity (Wildman–Crippen MR) is 101 cm³/mol. The third-order valence-corrected chi connectivity index (χ3v) is 10.2. The summed E-state index contributed by atoms with van der Waals surface area (Å²) >= 11 is 0. The topological polar surface area (TPSA) is 102 Å². The highest BCUT2D eigenvalue weighted by molar-refractivity contribution is 7.95. The van der Waals surface area contributed by atoms with Gasteiger partial charge in [0.15, 0.2) is 33.0 Å². The van der Waals surface area contributed by atoms with E-state index in [4.69, 9.17) is 0 Å². The van der Waals surface area contributed by atoms with Crippen molar-refractivity contribution in [1.82, 2.24) is 0 Å². The monoisotopic (exact) mass is 412 g/mol. The van der Waals surface area contributed by atoms with Crippen LogP contribution in [-0.4, -0.2) is 37.3 Å². The number of carbonyl (C=O) groups excluding carboxylic acids is 4. The van der Waals surface area contributed by atoms with E-state index in [9.17, 15) is 27.6 Å². The van der Waals surface area contributed by atoms with E-state index >= 15 is 0 Å². The molecule has 0 amide bonds. The fourth-order valence-corrected chi connectivity index (χ4v) is 9.22. The lowest BCUT2D eigenvalue weighted by atomic mass is 9.57. The first-order valence-corrected chi connectivity index (χ1v) is 11.9. The lowest BCUT2D eigenvalue weighted by Gasteiger charge is -2.42. The van der Waals surface area contributed by atoms with Crippen LogP contribution in [0.25, 0.3) is 0 Å². The van der Waals surface area contributed by atoms with Gasteiger partial charge in [-0.15, -0.1) is 0 Å². The second-order valence-corrected chi connectivity index (χ2v) is 11.5. The number of sulfone groups is 1. The number of fused-ring (bicyclic) bond motifs is 8. The van der Waals surface area contributed by atoms with E-state index in [1.54, 1.807) is 6.92 Å². The zero-order valence-corrected chi connectivity index (χ0v) is 16.7. The third kappa shape index (κ3) is 1.95. The van der Waals surface area contributed by atoms with Crippen LogP contribution < -0.4 is 0 Å². The van der Waals surface area contributed by atoms with E-state index in [0.717, 1.165) is 0 Å². The average molecular weight is 412 g/mol. The van der Waals surface area contributed by atoms with Crippen LogP contribution in [0.3, 0.4) is 0 Å². The zero-order chi connectivity index (χ0) is 20.4. The lowest BCUT2D eigenvalue weighted by molar-refractivity contribution is -0.141. The molecule has 7 atom stereocenters. The zero-order valence-electron chi connectivity index (χ0n) is 15.9. The molecule has 6 rings (SSSR count). The molecule has 150 valence electrons. The summed E-state index contributed by atoms with van der Waals surface area (Å²) in [5.41, 5.74) is 0.224. The largest absolute Gasteiger partial charge is 0.294 e. The van der Waals surface area contributed by atoms with Gasteiger partial charge in [-0.05, 0) is 38.0 Å². The second-order valence-electron chi connectivity index (χ2n) is 9.40. The summed E-state index contributed by atoms with van der Waals surface area (Å²) in [4.78, 5) is 53.9. The van der Waals surface area contributed by atoms with Crippen LogP contribution >= 0.6 is 0 Å². The third-order valence-electron chi connectivity index (χ3n) is 8.12. The van der Waals surface area contributed by atoms with Crippen LogP contribution in [0.4, 0.5) is 0 Å². The highest BCUT2D eigenvalue weighted by atomic mass is 32.2. The van der Waals surface area contributed by atoms with Crippen LogP contribution in [0.15, 0.2) is 33.8 Å². The number of hydrogen-bond acceptors (Lipinski definition) is 6. The van der Waals surface area contributed by atoms with Gasteiger partial charge in [0.05, 0.1) is 16.9 Å². The molecule has 5 unspecified atom stereocenters. The number of rotatable bonds is 0. The molecule has 29 heavy (non-hydrogen) atoms. The lowest BCUT2D eigenvalue weighted by Crippen LogP contribution is -2.52. The van der Waals surface area contributed by atoms with E-state index in [1.807, 2.05) is 12.2 Å². The normalized spacial score (nSPS) is 44.2. The van der Waals surface area contributed by atoms with Crippen molar-refractivity contribution in [2.24, 2.45) is 41.4 Å². The SMILES string of the molecule is CC1=C2C(CCS2(=O)=O)C2C(=O)C3=C(C(=O)C2C1)C(=O)C1C(C3=O)[C@H]2C=C[C@@H]1C2. The molecule has 1 saturated heterocycles. The van der Waals surface area contributed by atoms with Crippen molar-refractivity contribution in [3.8, 4) is 0 Å². The predicted octanol–water partition coefficient (Wildman–Crippen LogP) is 1.37. The van der Waals surface area contributed by atoms with Gasteiger partial charge in [0.25, 0.3) is 0 Å². The molecule has 0 radical (unpaired) electrons. The molecule has 1 heterocycles. The minimum absolute atomic E-state index is 0.0318. The molecule has 1 aliphatic heterocycles. The number of ketones is 4. The van der Waals surface area contributed by atoms with Gasteiger partial charge >= 0.3 is 0 Å². The van der Waals surface area contributed by atoms with Crippen LogP contribution in [0.2, 0.25) is 0 Å². The van der Waals surface area contributed by atoms with Crippen LogP contribution in [-0.2, 0) is 29.0 Å². The fourth-order valence-electron chi connectivity index (χ4n) is 7.10. The molecule has 0 spiro atoms. The molecule has 0 aromatic carbocycles. The summed E-state index contributed by atoms with van der Waals surface area (Å²) in [7, 11) is -3.42. The van der Waals surface area contributed by atoms with Gasteiger partial charge in [-0.2, -0.15) is 0 Å². The Morgan fingerprint density at radius 2 is 1.34 bits per heavy atom. The average Bonchev–Trinajstić information content (AvgIpc) is 3.36. The Morgan fingerprint density at radius 3 is 1.97 bits per heavy atom. The Kier molecular flexibility index (Phi) is 3.24. The molecule has 6 nitrogen and oxygen atoms in total. The molecule has 0 aromatic rings. The summed E-state index contributed by atoms with van der Waals surface area (Å²) in [6.45, 7) is 1.70. The Hall–Kier alpha value is -2.15. The molecule has 6 aliphatic rings. The summed E-state index contributed by atoms with van der Waals surface area (Å²) in [5, 5.41) is 0. The van der Waals surface area contributed by atoms with E-state index in [0.29, 0.717) is 23.3 Å². The van der Waals surface area contributed by atoms with Crippen molar-refractivity contribution in [3.63, 3.8) is 0 Å². The minimum atomic E-state index is -3.42. The smallest absolute Gasteiger partial charge is 0.174 e. The Morgan fingerprint density at radius 1 is 0.793 bits per heavy atom. The molecule has 2 fully saturated rings. The number of Topliss-reactive ketones (excluding diaryl/α,β-unsaturated/α-hetero) is 4. The van der Waals surface area contributed by atoms with Gasteiger partial charge in [-0.1, -0.05) is 17.7 Å². The first-order valence-electron chi connectivity index (χ1n) is 10.2. The van der Waals surface area contributed by atoms with Gasteiger partial charge in [0.1, 0.15) is 0 Å². The van der Waals surface area contributed by atoms with Crippen LogP contribution in [0.5, 0.6) is 0 Å². The molecule has 0 aromatic heterocycles. The maximum atomic E-state index is 13.5. The Balaban J connectivity index is 1.51. The van der Waals surface area contributed by atoms with Crippen molar-refractivity contribution < 1.29 is 27.6 Å². The van der Waals surface area contributed by atoms with Gasteiger partial charge < -0.3 is 0 Å². The standard InChI is InChI=1S/C22H20O6S/c1-8-6-12-15(11-4-5-29(27,28)22(8)11)21(26)17-16(18(12)23)19(24)13-9-2-3-10(7-9)14(13)20(17)25/h2-3,9-15H,4-7H2,1H3/t9-,10+,11?,12?,13?,14?,15?/m1/s1. The molecule has 7 heteroatoms. The number of carbonyl (C=O) groups is 4. The summed E-state index contributed by atoms with van der Waals surface area (Å²) in [5.74, 6) is -4.90. The first-order chi connectivity index (χ1) is 13.7. The van der Waals surface area contributed by atoms with Gasteiger partial charge in [0, 0.05) is 34.5 Å². The quantitative estimate of drug-likeness (QED) is 0.440. The van der Waals surface area contributed by atoms with Crippen molar-refractivity contribution in [1.29, 1.82) is 0 Å². The van der Waals surface area contributed by atoms with Crippen LogP contribution in [0.1, 0.15) is 26.2 Å². The summed E-state index contributed by atoms with van der Waals surface area (Å²) in [6.07, 6.45) is 5.09. The van der Waals surface area contributed by atoms with Crippen LogP contribution in [0, 0.1) is 41.4 Å². The second kappa shape index (κ2) is 5.31. The molecular formula is C22H20O6S. The van der Waals surface area contributed by atoms with Gasteiger partial charge in [-0.3, -0.25) is 19.2 Å². The Bertz CT molecular complexity index is 1150. The number of hydrogen-bond donors (Lipinski definition) is 0. The van der Waals surface area contributed by atoms with Crippen molar-refractivity contribution in [2.45, 2.75) is 26.2 Å². The van der Waals surface area contributed by atoms with Crippen molar-refractivity contribution >= 4 is 33.0 Å². The van der Waals surface area contributed by atoms with E-state index in [2.05, 4.69) is 0 Å². The molecule has 1 saturated carbocycles. The van der Waals surface area contributed by atoms with Crippen molar-refractivity contribution in [2.75, 3.05) is 5.75 Å². The highest BCUT2D eigenvalue weighted by Crippen LogP contribution is 2.57. The van der Waals surface area contributed by atoms with Gasteiger partial charge in [0.2, 0.25) is 0 Å². The summed E-state index contributed by atoms with van der Waals surface area (Å²) in [6, 6.07) is 0. The Labute approximate surface area is 168 Å². The maximum Gasteiger partial charge on any atom is 0.174 e. The minimum Gasteiger partial charge on any atom is -0.294 e. The maximum absolute atomic E-state index is 13.5. The van der Waals surface area contributed by atoms with E-state index in [-0.39, 0.29) is 46.7 Å². The molecular weight excluding hydrogens is 392 g/mol. The van der Waals surface area contributed by atoms with E-state index < -0.39 is 51.0 Å². The van der Waals surface area contributed by atoms with Gasteiger partial charge in [-0.25, -0.2) is 8.42 Å². The molecule has 2 bridgehead atoms. The summed E-state index contributed by atoms with van der Waals surface area (Å²) < 4.78 is 25.0. The molecule has 0 N–H and O–H groups in total. The highest BCUT2D eigenvalue weighted by Gasteiger charge is 2.62. The van der Waals surface area contributed by atoms with E-state index in [1.165, 1.54) is 0 Å². The number of allylic oxidation sites excluding steroid dienone is 6. The first kappa shape index (κ1) is 17.7.